The van der Waals surface area contributed by atoms with Gasteiger partial charge in [-0.15, -0.1) is 0 Å². The Balaban J connectivity index is 2.90. The summed E-state index contributed by atoms with van der Waals surface area (Å²) in [5.74, 6) is -1.74. The summed E-state index contributed by atoms with van der Waals surface area (Å²) in [5, 5.41) is 4.86. The number of rotatable bonds is 4. The Morgan fingerprint density at radius 2 is 2.12 bits per heavy atom. The highest BCUT2D eigenvalue weighted by atomic mass is 19.1. The second-order valence-corrected chi connectivity index (χ2v) is 3.06. The van der Waals surface area contributed by atoms with Gasteiger partial charge in [-0.3, -0.25) is 9.59 Å². The lowest BCUT2D eigenvalue weighted by molar-refractivity contribution is -0.117. The smallest absolute Gasteiger partial charge is 0.253 e. The second-order valence-electron chi connectivity index (χ2n) is 3.06. The zero-order valence-electron chi connectivity index (χ0n) is 8.71. The van der Waals surface area contributed by atoms with Crippen molar-refractivity contribution in [1.29, 1.82) is 0 Å². The highest BCUT2D eigenvalue weighted by Crippen LogP contribution is 2.18. The van der Waals surface area contributed by atoms with E-state index < -0.39 is 17.6 Å². The number of nitrogens with one attached hydrogen (secondary N) is 2. The topological polar surface area (TPSA) is 84.2 Å². The van der Waals surface area contributed by atoms with Crippen molar-refractivity contribution in [2.45, 2.75) is 0 Å². The molecule has 0 saturated heterocycles. The van der Waals surface area contributed by atoms with Crippen LogP contribution in [0.25, 0.3) is 0 Å². The summed E-state index contributed by atoms with van der Waals surface area (Å²) < 4.78 is 13.3. The first-order chi connectivity index (χ1) is 7.56. The van der Waals surface area contributed by atoms with E-state index in [4.69, 9.17) is 5.73 Å². The molecule has 0 spiro atoms. The maximum absolute atomic E-state index is 13.3. The third kappa shape index (κ3) is 2.69. The molecule has 0 aliphatic carbocycles. The fraction of sp³-hybridized carbons (Fsp3) is 0.200. The van der Waals surface area contributed by atoms with Crippen LogP contribution in [0.2, 0.25) is 0 Å². The molecule has 0 atom stereocenters. The molecule has 86 valence electrons. The summed E-state index contributed by atoms with van der Waals surface area (Å²) in [7, 11) is 1.50. The number of carbonyl (C=O) groups excluding carboxylic acids is 2. The fourth-order valence-electron chi connectivity index (χ4n) is 1.23. The third-order valence-electron chi connectivity index (χ3n) is 1.93. The quantitative estimate of drug-likeness (QED) is 0.678. The summed E-state index contributed by atoms with van der Waals surface area (Å²) >= 11 is 0. The van der Waals surface area contributed by atoms with Gasteiger partial charge in [0.15, 0.2) is 0 Å². The van der Waals surface area contributed by atoms with E-state index in [2.05, 4.69) is 10.6 Å². The lowest BCUT2D eigenvalue weighted by Gasteiger charge is -2.09. The zero-order valence-corrected chi connectivity index (χ0v) is 8.71. The minimum atomic E-state index is -0.657. The predicted octanol–water partition coefficient (Wildman–Crippen LogP) is 0.0825. The number of amides is 2. The van der Waals surface area contributed by atoms with Crippen molar-refractivity contribution in [2.24, 2.45) is 5.73 Å². The van der Waals surface area contributed by atoms with Crippen molar-refractivity contribution in [3.63, 3.8) is 0 Å². The molecule has 0 heterocycles. The van der Waals surface area contributed by atoms with Gasteiger partial charge in [-0.05, 0) is 12.1 Å². The van der Waals surface area contributed by atoms with Crippen LogP contribution in [0.1, 0.15) is 10.4 Å². The molecular weight excluding hydrogens is 213 g/mol. The number of primary amides is 1. The number of para-hydroxylation sites is 1. The number of carbonyl (C=O) groups is 2. The fourth-order valence-corrected chi connectivity index (χ4v) is 1.23. The largest absolute Gasteiger partial charge is 0.385 e. The lowest BCUT2D eigenvalue weighted by Crippen LogP contribution is -2.33. The van der Waals surface area contributed by atoms with Crippen LogP contribution in [-0.4, -0.2) is 25.4 Å². The maximum Gasteiger partial charge on any atom is 0.253 e. The predicted molar refractivity (Wildman–Crippen MR) is 57.5 cm³/mol. The van der Waals surface area contributed by atoms with Gasteiger partial charge in [0.25, 0.3) is 5.91 Å². The van der Waals surface area contributed by atoms with Crippen LogP contribution in [0.3, 0.4) is 0 Å². The van der Waals surface area contributed by atoms with Gasteiger partial charge in [0, 0.05) is 7.05 Å². The minimum absolute atomic E-state index is 0.0875. The normalized spacial score (nSPS) is 9.62. The molecule has 2 amide bonds. The Morgan fingerprint density at radius 1 is 1.44 bits per heavy atom. The van der Waals surface area contributed by atoms with Crippen molar-refractivity contribution in [3.8, 4) is 0 Å². The number of halogens is 1. The number of nitrogens with two attached hydrogens (primary N) is 1. The molecule has 0 aromatic heterocycles. The molecule has 0 unspecified atom stereocenters. The van der Waals surface area contributed by atoms with E-state index in [-0.39, 0.29) is 17.8 Å². The number of hydrogen-bond acceptors (Lipinski definition) is 3. The summed E-state index contributed by atoms with van der Waals surface area (Å²) in [4.78, 5) is 22.0. The maximum atomic E-state index is 13.3. The monoisotopic (exact) mass is 225 g/mol. The first-order valence-electron chi connectivity index (χ1n) is 4.59. The Hall–Kier alpha value is -2.11. The van der Waals surface area contributed by atoms with E-state index in [0.717, 1.165) is 0 Å². The average molecular weight is 225 g/mol. The Labute approximate surface area is 91.8 Å². The van der Waals surface area contributed by atoms with Crippen LogP contribution in [0.4, 0.5) is 10.1 Å². The van der Waals surface area contributed by atoms with Crippen molar-refractivity contribution in [2.75, 3.05) is 18.9 Å². The molecule has 0 aliphatic heterocycles. The van der Waals surface area contributed by atoms with Crippen molar-refractivity contribution < 1.29 is 14.0 Å². The molecule has 4 N–H and O–H groups in total. The van der Waals surface area contributed by atoms with Gasteiger partial charge in [0.05, 0.1) is 17.8 Å². The second kappa shape index (κ2) is 5.11. The molecule has 0 aliphatic rings. The van der Waals surface area contributed by atoms with E-state index >= 15 is 0 Å². The van der Waals surface area contributed by atoms with Gasteiger partial charge in [-0.1, -0.05) is 6.07 Å². The van der Waals surface area contributed by atoms with Gasteiger partial charge in [0.1, 0.15) is 5.82 Å². The van der Waals surface area contributed by atoms with Crippen LogP contribution >= 0.6 is 0 Å². The molecule has 6 heteroatoms. The van der Waals surface area contributed by atoms with Gasteiger partial charge in [-0.25, -0.2) is 4.39 Å². The van der Waals surface area contributed by atoms with Gasteiger partial charge < -0.3 is 16.4 Å². The Bertz CT molecular complexity index is 421. The molecule has 0 saturated carbocycles. The van der Waals surface area contributed by atoms with Crippen LogP contribution < -0.4 is 16.4 Å². The van der Waals surface area contributed by atoms with Crippen molar-refractivity contribution in [1.82, 2.24) is 5.32 Å². The van der Waals surface area contributed by atoms with E-state index in [0.29, 0.717) is 0 Å². The number of hydrogen-bond donors (Lipinski definition) is 3. The average Bonchev–Trinajstić information content (AvgIpc) is 2.25. The van der Waals surface area contributed by atoms with Crippen LogP contribution in [0, 0.1) is 5.82 Å². The van der Waals surface area contributed by atoms with Gasteiger partial charge >= 0.3 is 0 Å². The summed E-state index contributed by atoms with van der Waals surface area (Å²) in [6, 6.07) is 4.09. The molecule has 0 fully saturated rings. The highest BCUT2D eigenvalue weighted by Gasteiger charge is 2.13. The standard InChI is InChI=1S/C10H12FN3O2/c1-13-9-6(3-2-4-7(9)11)10(16)14-5-8(12)15/h2-4,13H,5H2,1H3,(H2,12,15)(H,14,16). The van der Waals surface area contributed by atoms with Crippen LogP contribution in [0.5, 0.6) is 0 Å². The Morgan fingerprint density at radius 3 is 2.69 bits per heavy atom. The van der Waals surface area contributed by atoms with E-state index in [1.165, 1.54) is 25.2 Å². The molecule has 5 nitrogen and oxygen atoms in total. The van der Waals surface area contributed by atoms with Crippen molar-refractivity contribution >= 4 is 17.5 Å². The van der Waals surface area contributed by atoms with E-state index in [1.54, 1.807) is 0 Å². The number of anilines is 1. The molecule has 16 heavy (non-hydrogen) atoms. The van der Waals surface area contributed by atoms with Crippen molar-refractivity contribution in [3.05, 3.63) is 29.6 Å². The molecule has 1 rings (SSSR count). The first-order valence-corrected chi connectivity index (χ1v) is 4.59. The van der Waals surface area contributed by atoms with E-state index in [9.17, 15) is 14.0 Å². The summed E-state index contributed by atoms with van der Waals surface area (Å²) in [6.45, 7) is -0.279. The van der Waals surface area contributed by atoms with Crippen LogP contribution in [-0.2, 0) is 4.79 Å². The zero-order chi connectivity index (χ0) is 12.1. The lowest BCUT2D eigenvalue weighted by atomic mass is 10.1. The van der Waals surface area contributed by atoms with Gasteiger partial charge in [0.2, 0.25) is 5.91 Å². The van der Waals surface area contributed by atoms with Crippen LogP contribution in [0.15, 0.2) is 18.2 Å². The minimum Gasteiger partial charge on any atom is -0.385 e. The van der Waals surface area contributed by atoms with Gasteiger partial charge in [-0.2, -0.15) is 0 Å². The summed E-state index contributed by atoms with van der Waals surface area (Å²) in [5.41, 5.74) is 5.09. The molecule has 1 aromatic carbocycles. The molecular formula is C10H12FN3O2. The molecule has 1 aromatic rings. The molecule has 0 bridgehead atoms. The third-order valence-corrected chi connectivity index (χ3v) is 1.93. The highest BCUT2D eigenvalue weighted by molar-refractivity contribution is 6.01. The first kappa shape index (κ1) is 12.0. The molecule has 0 radical (unpaired) electrons. The number of benzene rings is 1. The SMILES string of the molecule is CNc1c(F)cccc1C(=O)NCC(N)=O. The Kier molecular flexibility index (Phi) is 3.82. The summed E-state index contributed by atoms with van der Waals surface area (Å²) in [6.07, 6.45) is 0. The van der Waals surface area contributed by atoms with E-state index in [1.807, 2.05) is 0 Å².